The first kappa shape index (κ1) is 14.5. The maximum absolute atomic E-state index is 13.4. The summed E-state index contributed by atoms with van der Waals surface area (Å²) in [6, 6.07) is 4.84. The standard InChI is InChI=1S/C16H20ClFO/c1-10(2)12-4-6-16(19)13(9-12)7-11-3-5-14(17)15(18)8-11/h3,5,8,10,12-13H,4,6-7,9H2,1-2H3. The van der Waals surface area contributed by atoms with E-state index in [0.717, 1.165) is 18.4 Å². The van der Waals surface area contributed by atoms with Gasteiger partial charge in [0.1, 0.15) is 11.6 Å². The summed E-state index contributed by atoms with van der Waals surface area (Å²) in [4.78, 5) is 12.0. The quantitative estimate of drug-likeness (QED) is 0.788. The highest BCUT2D eigenvalue weighted by molar-refractivity contribution is 6.30. The molecule has 1 aromatic carbocycles. The van der Waals surface area contributed by atoms with E-state index < -0.39 is 5.82 Å². The van der Waals surface area contributed by atoms with Crippen LogP contribution < -0.4 is 0 Å². The van der Waals surface area contributed by atoms with E-state index in [1.807, 2.05) is 6.07 Å². The van der Waals surface area contributed by atoms with Crippen LogP contribution in [0.1, 0.15) is 38.7 Å². The zero-order valence-corrected chi connectivity index (χ0v) is 12.2. The Morgan fingerprint density at radius 2 is 2.16 bits per heavy atom. The zero-order chi connectivity index (χ0) is 14.0. The Balaban J connectivity index is 2.07. The van der Waals surface area contributed by atoms with Crippen LogP contribution in [0.2, 0.25) is 5.02 Å². The van der Waals surface area contributed by atoms with Gasteiger partial charge in [-0.2, -0.15) is 0 Å². The van der Waals surface area contributed by atoms with Crippen molar-refractivity contribution >= 4 is 17.4 Å². The SMILES string of the molecule is CC(C)C1CCC(=O)C(Cc2ccc(Cl)c(F)c2)C1. The van der Waals surface area contributed by atoms with Gasteiger partial charge >= 0.3 is 0 Å². The van der Waals surface area contributed by atoms with Crippen molar-refractivity contribution in [1.82, 2.24) is 0 Å². The van der Waals surface area contributed by atoms with Crippen molar-refractivity contribution in [1.29, 1.82) is 0 Å². The van der Waals surface area contributed by atoms with Crippen LogP contribution >= 0.6 is 11.6 Å². The summed E-state index contributed by atoms with van der Waals surface area (Å²) in [5, 5.41) is 0.138. The third-order valence-corrected chi connectivity index (χ3v) is 4.52. The Labute approximate surface area is 119 Å². The van der Waals surface area contributed by atoms with Gasteiger partial charge in [-0.3, -0.25) is 4.79 Å². The Bertz CT molecular complexity index is 470. The molecule has 3 heteroatoms. The lowest BCUT2D eigenvalue weighted by atomic mass is 9.73. The maximum atomic E-state index is 13.4. The highest BCUT2D eigenvalue weighted by Crippen LogP contribution is 2.33. The number of carbonyl (C=O) groups excluding carboxylic acids is 1. The third kappa shape index (κ3) is 3.56. The van der Waals surface area contributed by atoms with Crippen LogP contribution in [0.3, 0.4) is 0 Å². The van der Waals surface area contributed by atoms with Crippen LogP contribution in [0.5, 0.6) is 0 Å². The maximum Gasteiger partial charge on any atom is 0.142 e. The Kier molecular flexibility index (Phi) is 4.62. The van der Waals surface area contributed by atoms with Gasteiger partial charge in [0.05, 0.1) is 5.02 Å². The smallest absolute Gasteiger partial charge is 0.142 e. The number of hydrogen-bond acceptors (Lipinski definition) is 1. The largest absolute Gasteiger partial charge is 0.299 e. The minimum atomic E-state index is -0.400. The van der Waals surface area contributed by atoms with Crippen molar-refractivity contribution in [3.05, 3.63) is 34.6 Å². The Hall–Kier alpha value is -0.890. The molecule has 0 saturated heterocycles. The number of carbonyl (C=O) groups is 1. The molecule has 1 fully saturated rings. The van der Waals surface area contributed by atoms with Crippen molar-refractivity contribution in [3.63, 3.8) is 0 Å². The second-order valence-electron chi connectivity index (χ2n) is 5.89. The number of Topliss-reactive ketones (excluding diaryl/α,β-unsaturated/α-hetero) is 1. The first-order chi connectivity index (χ1) is 8.97. The van der Waals surface area contributed by atoms with Crippen LogP contribution in [0.4, 0.5) is 4.39 Å². The average molecular weight is 283 g/mol. The molecule has 19 heavy (non-hydrogen) atoms. The van der Waals surface area contributed by atoms with E-state index >= 15 is 0 Å². The van der Waals surface area contributed by atoms with Gasteiger partial charge in [0, 0.05) is 12.3 Å². The molecule has 0 amide bonds. The second-order valence-corrected chi connectivity index (χ2v) is 6.30. The molecule has 1 aliphatic rings. The molecule has 0 bridgehead atoms. The molecule has 0 N–H and O–H groups in total. The molecule has 0 radical (unpaired) electrons. The van der Waals surface area contributed by atoms with Gasteiger partial charge in [0.15, 0.2) is 0 Å². The molecule has 2 rings (SSSR count). The van der Waals surface area contributed by atoms with Crippen molar-refractivity contribution in [2.24, 2.45) is 17.8 Å². The van der Waals surface area contributed by atoms with E-state index in [2.05, 4.69) is 13.8 Å². The summed E-state index contributed by atoms with van der Waals surface area (Å²) in [5.41, 5.74) is 0.865. The summed E-state index contributed by atoms with van der Waals surface area (Å²) in [6.45, 7) is 4.42. The monoisotopic (exact) mass is 282 g/mol. The van der Waals surface area contributed by atoms with Gasteiger partial charge in [-0.25, -0.2) is 4.39 Å². The van der Waals surface area contributed by atoms with Crippen LogP contribution in [-0.2, 0) is 11.2 Å². The molecule has 0 spiro atoms. The fraction of sp³-hybridized carbons (Fsp3) is 0.562. The Morgan fingerprint density at radius 1 is 1.42 bits per heavy atom. The topological polar surface area (TPSA) is 17.1 Å². The molecule has 0 heterocycles. The van der Waals surface area contributed by atoms with Crippen molar-refractivity contribution < 1.29 is 9.18 Å². The summed E-state index contributed by atoms with van der Waals surface area (Å²) < 4.78 is 13.4. The van der Waals surface area contributed by atoms with Crippen molar-refractivity contribution in [3.8, 4) is 0 Å². The molecule has 1 aliphatic carbocycles. The van der Waals surface area contributed by atoms with Crippen LogP contribution in [0.25, 0.3) is 0 Å². The number of ketones is 1. The molecule has 2 atom stereocenters. The van der Waals surface area contributed by atoms with Gasteiger partial charge in [0.2, 0.25) is 0 Å². The number of hydrogen-bond donors (Lipinski definition) is 0. The van der Waals surface area contributed by atoms with E-state index in [9.17, 15) is 9.18 Å². The molecular formula is C16H20ClFO. The normalized spacial score (nSPS) is 23.9. The molecular weight excluding hydrogens is 263 g/mol. The molecule has 1 nitrogen and oxygen atoms in total. The molecule has 1 saturated carbocycles. The second kappa shape index (κ2) is 6.04. The van der Waals surface area contributed by atoms with E-state index in [-0.39, 0.29) is 10.9 Å². The van der Waals surface area contributed by atoms with Gasteiger partial charge in [-0.15, -0.1) is 0 Å². The van der Waals surface area contributed by atoms with E-state index in [1.54, 1.807) is 6.07 Å². The van der Waals surface area contributed by atoms with E-state index in [1.165, 1.54) is 6.07 Å². The number of halogens is 2. The van der Waals surface area contributed by atoms with Gasteiger partial charge < -0.3 is 0 Å². The molecule has 2 unspecified atom stereocenters. The van der Waals surface area contributed by atoms with Crippen LogP contribution in [0, 0.1) is 23.6 Å². The average Bonchev–Trinajstić information content (AvgIpc) is 2.36. The lowest BCUT2D eigenvalue weighted by Crippen LogP contribution is -2.28. The fourth-order valence-corrected chi connectivity index (χ4v) is 3.02. The highest BCUT2D eigenvalue weighted by atomic mass is 35.5. The Morgan fingerprint density at radius 3 is 2.79 bits per heavy atom. The third-order valence-electron chi connectivity index (χ3n) is 4.21. The zero-order valence-electron chi connectivity index (χ0n) is 11.5. The van der Waals surface area contributed by atoms with Crippen LogP contribution in [-0.4, -0.2) is 5.78 Å². The lowest BCUT2D eigenvalue weighted by Gasteiger charge is -2.30. The summed E-state index contributed by atoms with van der Waals surface area (Å²) in [6.07, 6.45) is 3.24. The minimum absolute atomic E-state index is 0.0433. The van der Waals surface area contributed by atoms with Gasteiger partial charge in [-0.05, 0) is 48.8 Å². The first-order valence-corrected chi connectivity index (χ1v) is 7.31. The van der Waals surface area contributed by atoms with Gasteiger partial charge in [0.25, 0.3) is 0 Å². The minimum Gasteiger partial charge on any atom is -0.299 e. The summed E-state index contributed by atoms with van der Waals surface area (Å²) in [5.74, 6) is 1.19. The predicted molar refractivity (Wildman–Crippen MR) is 75.8 cm³/mol. The highest BCUT2D eigenvalue weighted by Gasteiger charge is 2.30. The lowest BCUT2D eigenvalue weighted by molar-refractivity contribution is -0.125. The molecule has 0 aliphatic heterocycles. The van der Waals surface area contributed by atoms with Gasteiger partial charge in [-0.1, -0.05) is 31.5 Å². The van der Waals surface area contributed by atoms with Crippen LogP contribution in [0.15, 0.2) is 18.2 Å². The first-order valence-electron chi connectivity index (χ1n) is 6.94. The molecule has 104 valence electrons. The number of benzene rings is 1. The number of rotatable bonds is 3. The summed E-state index contributed by atoms with van der Waals surface area (Å²) >= 11 is 5.67. The molecule has 0 aromatic heterocycles. The van der Waals surface area contributed by atoms with Crippen molar-refractivity contribution in [2.75, 3.05) is 0 Å². The predicted octanol–water partition coefficient (Wildman–Crippen LogP) is 4.66. The summed E-state index contributed by atoms with van der Waals surface area (Å²) in [7, 11) is 0. The fourth-order valence-electron chi connectivity index (χ4n) is 2.90. The molecule has 1 aromatic rings. The van der Waals surface area contributed by atoms with E-state index in [0.29, 0.717) is 30.5 Å². The van der Waals surface area contributed by atoms with Crippen molar-refractivity contribution in [2.45, 2.75) is 39.5 Å². The van der Waals surface area contributed by atoms with E-state index in [4.69, 9.17) is 11.6 Å².